The molecule has 1 N–H and O–H groups in total. The molecule has 0 bridgehead atoms. The highest BCUT2D eigenvalue weighted by molar-refractivity contribution is 6.30. The Bertz CT molecular complexity index is 759. The smallest absolute Gasteiger partial charge is 0.223 e. The van der Waals surface area contributed by atoms with Crippen LogP contribution in [0.5, 0.6) is 11.5 Å². The van der Waals surface area contributed by atoms with E-state index in [-0.39, 0.29) is 11.9 Å². The van der Waals surface area contributed by atoms with Crippen LogP contribution in [0.4, 0.5) is 0 Å². The highest BCUT2D eigenvalue weighted by Gasteiger charge is 2.19. The zero-order chi connectivity index (χ0) is 20.5. The minimum atomic E-state index is 0.0108. The maximum atomic E-state index is 12.5. The highest BCUT2D eigenvalue weighted by atomic mass is 35.5. The first-order valence-corrected chi connectivity index (χ1v) is 10.5. The molecule has 1 atom stereocenters. The van der Waals surface area contributed by atoms with Crippen molar-refractivity contribution >= 4 is 17.5 Å². The molecule has 1 aliphatic rings. The van der Waals surface area contributed by atoms with E-state index >= 15 is 0 Å². The molecule has 1 saturated heterocycles. The second-order valence-corrected chi connectivity index (χ2v) is 7.81. The van der Waals surface area contributed by atoms with E-state index in [0.717, 1.165) is 42.6 Å². The molecule has 29 heavy (non-hydrogen) atoms. The van der Waals surface area contributed by atoms with Gasteiger partial charge in [-0.25, -0.2) is 0 Å². The van der Waals surface area contributed by atoms with Crippen LogP contribution in [0.3, 0.4) is 0 Å². The molecule has 2 aromatic carbocycles. The van der Waals surface area contributed by atoms with Crippen molar-refractivity contribution in [2.24, 2.45) is 0 Å². The normalized spacial score (nSPS) is 15.1. The van der Waals surface area contributed by atoms with Crippen LogP contribution in [-0.4, -0.2) is 50.2 Å². The number of rotatable bonds is 10. The quantitative estimate of drug-likeness (QED) is 0.637. The summed E-state index contributed by atoms with van der Waals surface area (Å²) in [6, 6.07) is 15.3. The topological polar surface area (TPSA) is 50.8 Å². The number of methoxy groups -OCH3 is 1. The zero-order valence-corrected chi connectivity index (χ0v) is 17.7. The van der Waals surface area contributed by atoms with E-state index in [1.54, 1.807) is 7.11 Å². The number of likely N-dealkylation sites (tertiary alicyclic amines) is 1. The summed E-state index contributed by atoms with van der Waals surface area (Å²) < 4.78 is 10.8. The van der Waals surface area contributed by atoms with E-state index < -0.39 is 0 Å². The summed E-state index contributed by atoms with van der Waals surface area (Å²) in [6.07, 6.45) is 3.58. The first kappa shape index (κ1) is 21.5. The van der Waals surface area contributed by atoms with E-state index in [0.29, 0.717) is 13.0 Å². The summed E-state index contributed by atoms with van der Waals surface area (Å²) in [6.45, 7) is 3.42. The van der Waals surface area contributed by atoms with Crippen molar-refractivity contribution < 1.29 is 14.3 Å². The van der Waals surface area contributed by atoms with Crippen LogP contribution in [0.15, 0.2) is 48.5 Å². The molecule has 5 nitrogen and oxygen atoms in total. The Balaban J connectivity index is 1.49. The molecule has 1 amide bonds. The first-order valence-electron chi connectivity index (χ1n) is 10.2. The lowest BCUT2D eigenvalue weighted by Crippen LogP contribution is -2.44. The second kappa shape index (κ2) is 11.1. The van der Waals surface area contributed by atoms with Crippen LogP contribution in [0.1, 0.15) is 24.8 Å². The second-order valence-electron chi connectivity index (χ2n) is 7.38. The number of nitrogens with zero attached hydrogens (tertiary/aromatic N) is 1. The van der Waals surface area contributed by atoms with Crippen molar-refractivity contribution in [3.05, 3.63) is 59.1 Å². The number of hydrogen-bond acceptors (Lipinski definition) is 4. The molecule has 1 fully saturated rings. The van der Waals surface area contributed by atoms with Crippen molar-refractivity contribution in [1.29, 1.82) is 0 Å². The molecule has 0 spiro atoms. The van der Waals surface area contributed by atoms with E-state index in [9.17, 15) is 4.79 Å². The van der Waals surface area contributed by atoms with Gasteiger partial charge in [-0.3, -0.25) is 4.79 Å². The maximum Gasteiger partial charge on any atom is 0.223 e. The number of nitrogens with one attached hydrogen (secondary N) is 1. The molecule has 0 saturated carbocycles. The Morgan fingerprint density at radius 1 is 1.07 bits per heavy atom. The van der Waals surface area contributed by atoms with Crippen LogP contribution in [-0.2, 0) is 11.2 Å². The van der Waals surface area contributed by atoms with Crippen molar-refractivity contribution in [3.63, 3.8) is 0 Å². The summed E-state index contributed by atoms with van der Waals surface area (Å²) in [5, 5.41) is 3.92. The van der Waals surface area contributed by atoms with Crippen LogP contribution < -0.4 is 14.8 Å². The molecule has 2 aromatic rings. The molecule has 6 heteroatoms. The van der Waals surface area contributed by atoms with Gasteiger partial charge in [-0.2, -0.15) is 0 Å². The molecule has 3 rings (SSSR count). The third kappa shape index (κ3) is 7.26. The Hall–Kier alpha value is -2.24. The SMILES string of the molecule is COc1ccc(OCCC(=O)NC(Cc2ccc(Cl)cc2)CN2CCCC2)cc1. The summed E-state index contributed by atoms with van der Waals surface area (Å²) >= 11 is 6.00. The lowest BCUT2D eigenvalue weighted by molar-refractivity contribution is -0.122. The summed E-state index contributed by atoms with van der Waals surface area (Å²) in [5.41, 5.74) is 1.17. The van der Waals surface area contributed by atoms with Crippen molar-refractivity contribution in [3.8, 4) is 11.5 Å². The average molecular weight is 417 g/mol. The number of amides is 1. The largest absolute Gasteiger partial charge is 0.497 e. The molecular formula is C23H29ClN2O3. The fraction of sp³-hybridized carbons (Fsp3) is 0.435. The van der Waals surface area contributed by atoms with Gasteiger partial charge in [0.25, 0.3) is 0 Å². The first-order chi connectivity index (χ1) is 14.1. The summed E-state index contributed by atoms with van der Waals surface area (Å²) in [5.74, 6) is 1.52. The standard InChI is InChI=1S/C23H29ClN2O3/c1-28-21-8-10-22(11-9-21)29-15-12-23(27)25-20(17-26-13-2-3-14-26)16-18-4-6-19(24)7-5-18/h4-11,20H,2-3,12-17H2,1H3,(H,25,27). The van der Waals surface area contributed by atoms with Gasteiger partial charge < -0.3 is 19.7 Å². The van der Waals surface area contributed by atoms with Crippen molar-refractivity contribution in [2.45, 2.75) is 31.7 Å². The minimum absolute atomic E-state index is 0.0108. The number of ether oxygens (including phenoxy) is 2. The highest BCUT2D eigenvalue weighted by Crippen LogP contribution is 2.17. The molecular weight excluding hydrogens is 388 g/mol. The number of halogens is 1. The van der Waals surface area contributed by atoms with Gasteiger partial charge in [0.2, 0.25) is 5.91 Å². The van der Waals surface area contributed by atoms with Crippen molar-refractivity contribution in [2.75, 3.05) is 33.4 Å². The molecule has 1 aliphatic heterocycles. The molecule has 0 radical (unpaired) electrons. The number of benzene rings is 2. The number of hydrogen-bond donors (Lipinski definition) is 1. The Morgan fingerprint density at radius 3 is 2.38 bits per heavy atom. The third-order valence-electron chi connectivity index (χ3n) is 5.10. The van der Waals surface area contributed by atoms with Gasteiger partial charge in [-0.1, -0.05) is 23.7 Å². The Kier molecular flexibility index (Phi) is 8.20. The lowest BCUT2D eigenvalue weighted by atomic mass is 10.1. The van der Waals surface area contributed by atoms with E-state index in [1.165, 1.54) is 18.4 Å². The van der Waals surface area contributed by atoms with Crippen molar-refractivity contribution in [1.82, 2.24) is 10.2 Å². The lowest BCUT2D eigenvalue weighted by Gasteiger charge is -2.25. The van der Waals surface area contributed by atoms with E-state index in [1.807, 2.05) is 48.5 Å². The van der Waals surface area contributed by atoms with Crippen LogP contribution in [0, 0.1) is 0 Å². The van der Waals surface area contributed by atoms with Gasteiger partial charge in [0, 0.05) is 17.6 Å². The fourth-order valence-electron chi connectivity index (χ4n) is 3.58. The van der Waals surface area contributed by atoms with Gasteiger partial charge >= 0.3 is 0 Å². The van der Waals surface area contributed by atoms with Crippen LogP contribution in [0.2, 0.25) is 5.02 Å². The molecule has 1 heterocycles. The fourth-order valence-corrected chi connectivity index (χ4v) is 3.70. The average Bonchev–Trinajstić information content (AvgIpc) is 3.23. The van der Waals surface area contributed by atoms with E-state index in [4.69, 9.17) is 21.1 Å². The number of carbonyl (C=O) groups excluding carboxylic acids is 1. The maximum absolute atomic E-state index is 12.5. The molecule has 0 aromatic heterocycles. The predicted molar refractivity (Wildman–Crippen MR) is 116 cm³/mol. The van der Waals surface area contributed by atoms with Gasteiger partial charge in [0.1, 0.15) is 11.5 Å². The molecule has 0 aliphatic carbocycles. The van der Waals surface area contributed by atoms with Crippen LogP contribution >= 0.6 is 11.6 Å². The summed E-state index contributed by atoms with van der Waals surface area (Å²) in [7, 11) is 1.63. The zero-order valence-electron chi connectivity index (χ0n) is 16.9. The monoisotopic (exact) mass is 416 g/mol. The molecule has 1 unspecified atom stereocenters. The van der Waals surface area contributed by atoms with Gasteiger partial charge in [-0.05, 0) is 74.3 Å². The van der Waals surface area contributed by atoms with Crippen LogP contribution in [0.25, 0.3) is 0 Å². The minimum Gasteiger partial charge on any atom is -0.497 e. The van der Waals surface area contributed by atoms with E-state index in [2.05, 4.69) is 10.2 Å². The van der Waals surface area contributed by atoms with Gasteiger partial charge in [0.05, 0.1) is 20.1 Å². The number of carbonyl (C=O) groups is 1. The molecule has 156 valence electrons. The third-order valence-corrected chi connectivity index (χ3v) is 5.35. The predicted octanol–water partition coefficient (Wildman–Crippen LogP) is 3.94. The Morgan fingerprint density at radius 2 is 1.72 bits per heavy atom. The Labute approximate surface area is 177 Å². The summed E-state index contributed by atoms with van der Waals surface area (Å²) in [4.78, 5) is 14.9. The van der Waals surface area contributed by atoms with Gasteiger partial charge in [-0.15, -0.1) is 0 Å². The van der Waals surface area contributed by atoms with Gasteiger partial charge in [0.15, 0.2) is 0 Å².